The summed E-state index contributed by atoms with van der Waals surface area (Å²) in [5.41, 5.74) is 1.58. The topological polar surface area (TPSA) is 55.4 Å². The SMILES string of the molecule is CCOC(=O)c1cc(C(C)c2ccccc2)sc1NC(=O)c1cccc(F)c1. The van der Waals surface area contributed by atoms with Crippen LogP contribution in [0.2, 0.25) is 0 Å². The first kappa shape index (κ1) is 19.8. The Hall–Kier alpha value is -2.99. The van der Waals surface area contributed by atoms with E-state index in [2.05, 4.69) is 5.32 Å². The lowest BCUT2D eigenvalue weighted by Gasteiger charge is -2.09. The molecule has 1 atom stereocenters. The smallest absolute Gasteiger partial charge is 0.341 e. The van der Waals surface area contributed by atoms with Crippen molar-refractivity contribution < 1.29 is 18.7 Å². The van der Waals surface area contributed by atoms with E-state index >= 15 is 0 Å². The van der Waals surface area contributed by atoms with Crippen molar-refractivity contribution in [2.45, 2.75) is 19.8 Å². The maximum atomic E-state index is 13.4. The molecule has 0 saturated heterocycles. The summed E-state index contributed by atoms with van der Waals surface area (Å²) < 4.78 is 18.6. The highest BCUT2D eigenvalue weighted by atomic mass is 32.1. The number of hydrogen-bond acceptors (Lipinski definition) is 4. The molecule has 0 saturated carbocycles. The zero-order chi connectivity index (χ0) is 20.1. The predicted molar refractivity (Wildman–Crippen MR) is 109 cm³/mol. The average molecular weight is 397 g/mol. The van der Waals surface area contributed by atoms with Gasteiger partial charge in [-0.3, -0.25) is 4.79 Å². The highest BCUT2D eigenvalue weighted by Crippen LogP contribution is 2.36. The second-order valence-corrected chi connectivity index (χ2v) is 7.29. The van der Waals surface area contributed by atoms with Gasteiger partial charge in [-0.25, -0.2) is 9.18 Å². The number of carbonyl (C=O) groups excluding carboxylic acids is 2. The number of carbonyl (C=O) groups is 2. The van der Waals surface area contributed by atoms with E-state index < -0.39 is 17.7 Å². The molecule has 0 aliphatic heterocycles. The molecule has 0 bridgehead atoms. The molecule has 0 fully saturated rings. The minimum atomic E-state index is -0.500. The molecular weight excluding hydrogens is 377 g/mol. The molecule has 4 nitrogen and oxygen atoms in total. The summed E-state index contributed by atoms with van der Waals surface area (Å²) in [4.78, 5) is 25.8. The molecule has 1 unspecified atom stereocenters. The normalized spacial score (nSPS) is 11.7. The van der Waals surface area contributed by atoms with Crippen molar-refractivity contribution in [3.05, 3.63) is 88.0 Å². The Morgan fingerprint density at radius 1 is 1.11 bits per heavy atom. The molecule has 1 amide bonds. The van der Waals surface area contributed by atoms with Crippen LogP contribution in [-0.4, -0.2) is 18.5 Å². The van der Waals surface area contributed by atoms with Crippen molar-refractivity contribution in [3.8, 4) is 0 Å². The molecule has 0 aliphatic carbocycles. The first-order valence-corrected chi connectivity index (χ1v) is 9.74. The number of benzene rings is 2. The monoisotopic (exact) mass is 397 g/mol. The van der Waals surface area contributed by atoms with Crippen molar-refractivity contribution in [1.82, 2.24) is 0 Å². The summed E-state index contributed by atoms with van der Waals surface area (Å²) in [6.07, 6.45) is 0. The number of hydrogen-bond donors (Lipinski definition) is 1. The Balaban J connectivity index is 1.93. The lowest BCUT2D eigenvalue weighted by atomic mass is 9.99. The summed E-state index contributed by atoms with van der Waals surface area (Å²) in [6.45, 7) is 3.99. The van der Waals surface area contributed by atoms with Crippen molar-refractivity contribution in [2.75, 3.05) is 11.9 Å². The highest BCUT2D eigenvalue weighted by Gasteiger charge is 2.22. The van der Waals surface area contributed by atoms with E-state index in [1.165, 1.54) is 29.5 Å². The minimum Gasteiger partial charge on any atom is -0.462 e. The van der Waals surface area contributed by atoms with E-state index in [0.717, 1.165) is 16.5 Å². The van der Waals surface area contributed by atoms with Crippen molar-refractivity contribution in [2.24, 2.45) is 0 Å². The summed E-state index contributed by atoms with van der Waals surface area (Å²) in [5.74, 6) is -1.44. The number of rotatable bonds is 6. The zero-order valence-electron chi connectivity index (χ0n) is 15.6. The van der Waals surface area contributed by atoms with Gasteiger partial charge in [0.05, 0.1) is 12.2 Å². The van der Waals surface area contributed by atoms with E-state index in [4.69, 9.17) is 4.74 Å². The first-order valence-electron chi connectivity index (χ1n) is 8.92. The van der Waals surface area contributed by atoms with Crippen molar-refractivity contribution >= 4 is 28.2 Å². The second kappa shape index (κ2) is 8.80. The lowest BCUT2D eigenvalue weighted by Crippen LogP contribution is -2.14. The fraction of sp³-hybridized carbons (Fsp3) is 0.182. The van der Waals surface area contributed by atoms with Gasteiger partial charge in [-0.1, -0.05) is 43.3 Å². The molecule has 28 heavy (non-hydrogen) atoms. The molecule has 1 N–H and O–H groups in total. The Kier molecular flexibility index (Phi) is 6.21. The molecular formula is C22H20FNO3S. The van der Waals surface area contributed by atoms with Crippen LogP contribution in [0.4, 0.5) is 9.39 Å². The zero-order valence-corrected chi connectivity index (χ0v) is 16.4. The van der Waals surface area contributed by atoms with Gasteiger partial charge in [0.2, 0.25) is 0 Å². The van der Waals surface area contributed by atoms with Crippen LogP contribution in [-0.2, 0) is 4.74 Å². The highest BCUT2D eigenvalue weighted by molar-refractivity contribution is 7.16. The third kappa shape index (κ3) is 4.46. The molecule has 0 radical (unpaired) electrons. The van der Waals surface area contributed by atoms with Crippen LogP contribution in [0.3, 0.4) is 0 Å². The van der Waals surface area contributed by atoms with Crippen LogP contribution < -0.4 is 5.32 Å². The number of thiophene rings is 1. The number of anilines is 1. The fourth-order valence-corrected chi connectivity index (χ4v) is 3.91. The van der Waals surface area contributed by atoms with Gasteiger partial charge in [-0.05, 0) is 36.8 Å². The van der Waals surface area contributed by atoms with Gasteiger partial charge >= 0.3 is 5.97 Å². The Morgan fingerprint density at radius 2 is 1.86 bits per heavy atom. The summed E-state index contributed by atoms with van der Waals surface area (Å²) in [6, 6.07) is 17.0. The Labute approximate surface area is 167 Å². The van der Waals surface area contributed by atoms with Crippen LogP contribution in [0.1, 0.15) is 50.9 Å². The van der Waals surface area contributed by atoms with E-state index in [1.54, 1.807) is 13.0 Å². The molecule has 0 aliphatic rings. The Morgan fingerprint density at radius 3 is 2.54 bits per heavy atom. The van der Waals surface area contributed by atoms with Gasteiger partial charge in [0, 0.05) is 16.4 Å². The number of halogens is 1. The third-order valence-corrected chi connectivity index (χ3v) is 5.52. The largest absolute Gasteiger partial charge is 0.462 e. The summed E-state index contributed by atoms with van der Waals surface area (Å²) in [7, 11) is 0. The van der Waals surface area contributed by atoms with Crippen LogP contribution in [0.5, 0.6) is 0 Å². The molecule has 1 heterocycles. The predicted octanol–water partition coefficient (Wildman–Crippen LogP) is 5.47. The van der Waals surface area contributed by atoms with Crippen LogP contribution in [0.15, 0.2) is 60.7 Å². The van der Waals surface area contributed by atoms with E-state index in [1.807, 2.05) is 37.3 Å². The quantitative estimate of drug-likeness (QED) is 0.561. The van der Waals surface area contributed by atoms with Gasteiger partial charge in [-0.15, -0.1) is 11.3 Å². The lowest BCUT2D eigenvalue weighted by molar-refractivity contribution is 0.0528. The van der Waals surface area contributed by atoms with Gasteiger partial charge < -0.3 is 10.1 Å². The van der Waals surface area contributed by atoms with Crippen molar-refractivity contribution in [3.63, 3.8) is 0 Å². The summed E-state index contributed by atoms with van der Waals surface area (Å²) in [5, 5.41) is 3.13. The van der Waals surface area contributed by atoms with Gasteiger partial charge in [0.1, 0.15) is 10.8 Å². The maximum Gasteiger partial charge on any atom is 0.341 e. The van der Waals surface area contributed by atoms with E-state index in [0.29, 0.717) is 10.6 Å². The van der Waals surface area contributed by atoms with Gasteiger partial charge in [0.15, 0.2) is 0 Å². The summed E-state index contributed by atoms with van der Waals surface area (Å²) >= 11 is 1.32. The first-order chi connectivity index (χ1) is 13.5. The molecule has 3 aromatic rings. The minimum absolute atomic E-state index is 0.0409. The number of amides is 1. The number of nitrogens with one attached hydrogen (secondary N) is 1. The number of ether oxygens (including phenoxy) is 1. The maximum absolute atomic E-state index is 13.4. The molecule has 3 rings (SSSR count). The van der Waals surface area contributed by atoms with Crippen LogP contribution in [0, 0.1) is 5.82 Å². The average Bonchev–Trinajstić information content (AvgIpc) is 3.12. The second-order valence-electron chi connectivity index (χ2n) is 6.21. The Bertz CT molecular complexity index is 984. The third-order valence-electron chi connectivity index (χ3n) is 4.29. The van der Waals surface area contributed by atoms with E-state index in [9.17, 15) is 14.0 Å². The molecule has 6 heteroatoms. The van der Waals surface area contributed by atoms with Gasteiger partial charge in [-0.2, -0.15) is 0 Å². The van der Waals surface area contributed by atoms with Gasteiger partial charge in [0.25, 0.3) is 5.91 Å². The van der Waals surface area contributed by atoms with Crippen LogP contribution >= 0.6 is 11.3 Å². The van der Waals surface area contributed by atoms with Crippen LogP contribution in [0.25, 0.3) is 0 Å². The molecule has 0 spiro atoms. The molecule has 2 aromatic carbocycles. The van der Waals surface area contributed by atoms with E-state index in [-0.39, 0.29) is 18.1 Å². The number of esters is 1. The van der Waals surface area contributed by atoms with Crippen molar-refractivity contribution in [1.29, 1.82) is 0 Å². The standard InChI is InChI=1S/C22H20FNO3S/c1-3-27-22(26)18-13-19(14(2)15-8-5-4-6-9-15)28-21(18)24-20(25)16-10-7-11-17(23)12-16/h4-14H,3H2,1-2H3,(H,24,25). The molecule has 1 aromatic heterocycles. The fourth-order valence-electron chi connectivity index (χ4n) is 2.79. The molecule has 144 valence electrons.